The summed E-state index contributed by atoms with van der Waals surface area (Å²) in [6, 6.07) is 13.4. The Balaban J connectivity index is 1.70. The number of likely N-dealkylation sites (N-methyl/N-ethyl adjacent to an activating group) is 1. The summed E-state index contributed by atoms with van der Waals surface area (Å²) in [6.45, 7) is 17.9. The Morgan fingerprint density at radius 1 is 1.05 bits per heavy atom. The fraction of sp³-hybridized carbons (Fsp3) is 0.457. The van der Waals surface area contributed by atoms with Crippen molar-refractivity contribution in [1.82, 2.24) is 4.72 Å². The summed E-state index contributed by atoms with van der Waals surface area (Å²) in [5.41, 5.74) is 4.03. The molecule has 8 nitrogen and oxygen atoms in total. The van der Waals surface area contributed by atoms with Crippen LogP contribution in [0, 0.1) is 5.41 Å². The van der Waals surface area contributed by atoms with E-state index in [4.69, 9.17) is 9.47 Å². The van der Waals surface area contributed by atoms with Crippen LogP contribution in [0.4, 0.5) is 5.69 Å². The Kier molecular flexibility index (Phi) is 10.8. The number of anilines is 1. The van der Waals surface area contributed by atoms with Crippen molar-refractivity contribution in [2.24, 2.45) is 5.41 Å². The van der Waals surface area contributed by atoms with Crippen LogP contribution >= 0.6 is 0 Å². The third-order valence-electron chi connectivity index (χ3n) is 8.80. The van der Waals surface area contributed by atoms with Gasteiger partial charge in [-0.25, -0.2) is 13.1 Å². The molecular formula is C35H48N3O5S+. The molecule has 238 valence electrons. The van der Waals surface area contributed by atoms with Crippen LogP contribution in [-0.4, -0.2) is 59.8 Å². The van der Waals surface area contributed by atoms with E-state index in [1.54, 1.807) is 18.2 Å². The molecule has 0 fully saturated rings. The van der Waals surface area contributed by atoms with Crippen molar-refractivity contribution in [2.45, 2.75) is 65.8 Å². The number of sulfonamides is 1. The van der Waals surface area contributed by atoms with Crippen LogP contribution in [0.5, 0.6) is 5.75 Å². The second-order valence-electron chi connectivity index (χ2n) is 11.8. The average Bonchev–Trinajstić information content (AvgIpc) is 3.02. The highest BCUT2D eigenvalue weighted by Crippen LogP contribution is 2.44. The summed E-state index contributed by atoms with van der Waals surface area (Å²) < 4.78 is 41.2. The highest BCUT2D eigenvalue weighted by molar-refractivity contribution is 7.89. The number of hydrogen-bond acceptors (Lipinski definition) is 6. The van der Waals surface area contributed by atoms with Crippen LogP contribution in [0.15, 0.2) is 76.9 Å². The van der Waals surface area contributed by atoms with E-state index in [2.05, 4.69) is 73.7 Å². The number of nitrogens with one attached hydrogen (secondary N) is 2. The minimum Gasteiger partial charge on any atom is -0.464 e. The van der Waals surface area contributed by atoms with Gasteiger partial charge in [0.25, 0.3) is 0 Å². The molecule has 0 saturated carbocycles. The van der Waals surface area contributed by atoms with Gasteiger partial charge in [0.15, 0.2) is 0 Å². The number of rotatable bonds is 14. The normalized spacial score (nSPS) is 16.3. The van der Waals surface area contributed by atoms with E-state index in [9.17, 15) is 13.2 Å². The van der Waals surface area contributed by atoms with Crippen molar-refractivity contribution in [3.8, 4) is 5.75 Å². The third kappa shape index (κ3) is 7.11. The van der Waals surface area contributed by atoms with Gasteiger partial charge in [0.05, 0.1) is 23.4 Å². The highest BCUT2D eigenvalue weighted by atomic mass is 32.2. The second-order valence-corrected chi connectivity index (χ2v) is 13.6. The first-order valence-electron chi connectivity index (χ1n) is 15.8. The van der Waals surface area contributed by atoms with Gasteiger partial charge < -0.3 is 19.3 Å². The second kappa shape index (κ2) is 14.1. The van der Waals surface area contributed by atoms with Crippen LogP contribution < -0.4 is 19.3 Å². The highest BCUT2D eigenvalue weighted by Gasteiger charge is 2.31. The zero-order valence-corrected chi connectivity index (χ0v) is 28.0. The number of esters is 1. The van der Waals surface area contributed by atoms with E-state index in [1.165, 1.54) is 4.90 Å². The fourth-order valence-corrected chi connectivity index (χ4v) is 6.64. The van der Waals surface area contributed by atoms with E-state index < -0.39 is 15.4 Å². The van der Waals surface area contributed by atoms with Gasteiger partial charge >= 0.3 is 5.97 Å². The Morgan fingerprint density at radius 2 is 1.77 bits per heavy atom. The molecule has 0 radical (unpaired) electrons. The number of quaternary nitrogens is 1. The van der Waals surface area contributed by atoms with E-state index >= 15 is 0 Å². The van der Waals surface area contributed by atoms with E-state index in [-0.39, 0.29) is 30.1 Å². The number of nitrogens with zero attached hydrogens (tertiary/aromatic N) is 1. The summed E-state index contributed by atoms with van der Waals surface area (Å²) in [4.78, 5) is 16.1. The molecule has 1 aliphatic carbocycles. The molecule has 4 rings (SSSR count). The number of fused-ring (bicyclic) bond motifs is 2. The first-order valence-corrected chi connectivity index (χ1v) is 17.3. The maximum absolute atomic E-state index is 13.3. The molecule has 9 heteroatoms. The SMILES string of the molecule is CCN(CC)c1ccc2c(c1)OC1=CC([NH+](CC)CC)C=CC1=C2c1cccc(S(=O)(=O)NCCOC(=O)C(C)(C)CC)c1. The molecule has 1 atom stereocenters. The molecule has 44 heavy (non-hydrogen) atoms. The van der Waals surface area contributed by atoms with Crippen molar-refractivity contribution >= 4 is 27.3 Å². The third-order valence-corrected chi connectivity index (χ3v) is 10.3. The predicted octanol–water partition coefficient (Wildman–Crippen LogP) is 4.73. The molecule has 1 unspecified atom stereocenters. The molecule has 0 spiro atoms. The first kappa shape index (κ1) is 33.5. The monoisotopic (exact) mass is 622 g/mol. The molecule has 2 N–H and O–H groups in total. The van der Waals surface area contributed by atoms with E-state index in [0.29, 0.717) is 6.42 Å². The van der Waals surface area contributed by atoms with Gasteiger partial charge in [-0.05, 0) is 89.9 Å². The summed E-state index contributed by atoms with van der Waals surface area (Å²) in [5.74, 6) is 1.21. The Hall–Kier alpha value is -3.40. The molecule has 0 bridgehead atoms. The van der Waals surface area contributed by atoms with Gasteiger partial charge in [0.1, 0.15) is 24.2 Å². The van der Waals surface area contributed by atoms with Crippen molar-refractivity contribution < 1.29 is 27.6 Å². The van der Waals surface area contributed by atoms with Gasteiger partial charge in [-0.15, -0.1) is 0 Å². The molecule has 2 aliphatic rings. The van der Waals surface area contributed by atoms with Gasteiger partial charge in [-0.3, -0.25) is 4.79 Å². The Labute approximate surface area is 263 Å². The number of benzene rings is 2. The number of carbonyl (C=O) groups excluding carboxylic acids is 1. The zero-order valence-electron chi connectivity index (χ0n) is 27.2. The minimum atomic E-state index is -3.86. The minimum absolute atomic E-state index is 0.0123. The Morgan fingerprint density at radius 3 is 2.43 bits per heavy atom. The summed E-state index contributed by atoms with van der Waals surface area (Å²) in [6.07, 6.45) is 7.15. The van der Waals surface area contributed by atoms with Crippen LogP contribution in [0.3, 0.4) is 0 Å². The lowest BCUT2D eigenvalue weighted by atomic mass is 9.87. The quantitative estimate of drug-likeness (QED) is 0.234. The smallest absolute Gasteiger partial charge is 0.311 e. The van der Waals surface area contributed by atoms with Crippen LogP contribution in [0.1, 0.15) is 66.0 Å². The van der Waals surface area contributed by atoms with Crippen LogP contribution in [0.2, 0.25) is 0 Å². The topological polar surface area (TPSA) is 89.4 Å². The molecule has 0 saturated heterocycles. The van der Waals surface area contributed by atoms with Crippen molar-refractivity contribution in [3.05, 3.63) is 83.2 Å². The molecule has 2 aromatic rings. The lowest BCUT2D eigenvalue weighted by Crippen LogP contribution is -3.14. The summed E-state index contributed by atoms with van der Waals surface area (Å²) in [5, 5.41) is 0. The summed E-state index contributed by atoms with van der Waals surface area (Å²) in [7, 11) is -3.86. The largest absolute Gasteiger partial charge is 0.464 e. The predicted molar refractivity (Wildman–Crippen MR) is 176 cm³/mol. The van der Waals surface area contributed by atoms with Crippen LogP contribution in [0.25, 0.3) is 5.57 Å². The maximum atomic E-state index is 13.3. The van der Waals surface area contributed by atoms with Crippen molar-refractivity contribution in [1.29, 1.82) is 0 Å². The number of carbonyl (C=O) groups is 1. The fourth-order valence-electron chi connectivity index (χ4n) is 5.58. The number of allylic oxidation sites excluding steroid dienone is 1. The van der Waals surface area contributed by atoms with Crippen molar-refractivity contribution in [3.63, 3.8) is 0 Å². The number of hydrogen-bond donors (Lipinski definition) is 2. The average molecular weight is 623 g/mol. The van der Waals surface area contributed by atoms with Crippen LogP contribution in [-0.2, 0) is 19.6 Å². The Bertz CT molecular complexity index is 1550. The molecule has 2 aromatic carbocycles. The zero-order chi connectivity index (χ0) is 32.1. The van der Waals surface area contributed by atoms with E-state index in [1.807, 2.05) is 26.8 Å². The number of ether oxygens (including phenoxy) is 2. The van der Waals surface area contributed by atoms with Gasteiger partial charge in [-0.1, -0.05) is 19.1 Å². The van der Waals surface area contributed by atoms with Gasteiger partial charge in [-0.2, -0.15) is 0 Å². The molecule has 0 amide bonds. The van der Waals surface area contributed by atoms with Gasteiger partial charge in [0.2, 0.25) is 10.0 Å². The molecule has 1 aliphatic heterocycles. The molecular weight excluding hydrogens is 574 g/mol. The van der Waals surface area contributed by atoms with E-state index in [0.717, 1.165) is 65.6 Å². The lowest BCUT2D eigenvalue weighted by Gasteiger charge is -2.31. The summed E-state index contributed by atoms with van der Waals surface area (Å²) >= 11 is 0. The standard InChI is InChI=1S/C35H47N3O5S/c1-8-35(6,7)34(39)42-21-20-36-44(40,41)28-15-13-14-25(22-28)33-29-18-16-26(37(9-2)10-3)23-31(29)43-32-24-27(17-19-30(32)33)38(11-4)12-5/h13-19,22-24,26,36H,8-12,20-21H2,1-7H3/p+1. The molecule has 0 aromatic heterocycles. The lowest BCUT2D eigenvalue weighted by molar-refractivity contribution is -0.908. The maximum Gasteiger partial charge on any atom is 0.311 e. The van der Waals surface area contributed by atoms with Crippen molar-refractivity contribution in [2.75, 3.05) is 44.2 Å². The first-order chi connectivity index (χ1) is 21.0. The van der Waals surface area contributed by atoms with Gasteiger partial charge in [0, 0.05) is 54.2 Å². The molecule has 1 heterocycles.